The summed E-state index contributed by atoms with van der Waals surface area (Å²) in [5.74, 6) is -0.208. The van der Waals surface area contributed by atoms with E-state index in [1.807, 2.05) is 26.0 Å². The van der Waals surface area contributed by atoms with E-state index in [9.17, 15) is 4.79 Å². The minimum Gasteiger partial charge on any atom is -0.461 e. The second-order valence-electron chi connectivity index (χ2n) is 4.02. The quantitative estimate of drug-likeness (QED) is 0.758. The molecule has 0 N–H and O–H groups in total. The number of carbonyl (C=O) groups excluding carboxylic acids is 1. The molecule has 0 radical (unpaired) electrons. The van der Waals surface area contributed by atoms with E-state index in [4.69, 9.17) is 4.74 Å². The predicted molar refractivity (Wildman–Crippen MR) is 66.5 cm³/mol. The fourth-order valence-electron chi connectivity index (χ4n) is 1.46. The average molecular weight is 234 g/mol. The van der Waals surface area contributed by atoms with Gasteiger partial charge in [0.25, 0.3) is 0 Å². The summed E-state index contributed by atoms with van der Waals surface area (Å²) in [6.45, 7) is 4.06. The Kier molecular flexibility index (Phi) is 3.25. The van der Waals surface area contributed by atoms with E-state index in [0.29, 0.717) is 6.61 Å². The molecule has 2 rings (SSSR count). The zero-order valence-electron chi connectivity index (χ0n) is 9.40. The Morgan fingerprint density at radius 1 is 1.38 bits per heavy atom. The minimum absolute atomic E-state index is 0.0649. The van der Waals surface area contributed by atoms with Gasteiger partial charge in [-0.25, -0.2) is 0 Å². The SMILES string of the molecule is CC(C)C(=O)OCc1csc2ccccc12. The first-order valence-electron chi connectivity index (χ1n) is 5.30. The van der Waals surface area contributed by atoms with Crippen LogP contribution in [0.1, 0.15) is 19.4 Å². The maximum absolute atomic E-state index is 11.4. The highest BCUT2D eigenvalue weighted by molar-refractivity contribution is 7.17. The number of ether oxygens (including phenoxy) is 1. The van der Waals surface area contributed by atoms with Crippen LogP contribution in [0.5, 0.6) is 0 Å². The maximum atomic E-state index is 11.4. The molecule has 0 aliphatic carbocycles. The monoisotopic (exact) mass is 234 g/mol. The molecule has 0 atom stereocenters. The molecule has 0 spiro atoms. The van der Waals surface area contributed by atoms with Crippen LogP contribution in [0.3, 0.4) is 0 Å². The van der Waals surface area contributed by atoms with Gasteiger partial charge in [0, 0.05) is 10.3 Å². The van der Waals surface area contributed by atoms with Gasteiger partial charge in [-0.3, -0.25) is 4.79 Å². The topological polar surface area (TPSA) is 26.3 Å². The second-order valence-corrected chi connectivity index (χ2v) is 4.93. The van der Waals surface area contributed by atoms with E-state index in [1.165, 1.54) is 10.1 Å². The molecule has 84 valence electrons. The number of esters is 1. The molecular weight excluding hydrogens is 220 g/mol. The van der Waals surface area contributed by atoms with Crippen molar-refractivity contribution in [3.8, 4) is 0 Å². The fourth-order valence-corrected chi connectivity index (χ4v) is 2.41. The lowest BCUT2D eigenvalue weighted by Crippen LogP contribution is -2.11. The third-order valence-corrected chi connectivity index (χ3v) is 3.41. The molecule has 0 aliphatic rings. The van der Waals surface area contributed by atoms with E-state index >= 15 is 0 Å². The summed E-state index contributed by atoms with van der Waals surface area (Å²) in [6, 6.07) is 8.16. The Labute approximate surface area is 98.9 Å². The normalized spacial score (nSPS) is 10.9. The van der Waals surface area contributed by atoms with E-state index in [2.05, 4.69) is 17.5 Å². The van der Waals surface area contributed by atoms with E-state index in [1.54, 1.807) is 11.3 Å². The summed E-state index contributed by atoms with van der Waals surface area (Å²) in [5, 5.41) is 3.24. The number of hydrogen-bond acceptors (Lipinski definition) is 3. The lowest BCUT2D eigenvalue weighted by molar-refractivity contribution is -0.148. The van der Waals surface area contributed by atoms with Gasteiger partial charge in [-0.15, -0.1) is 11.3 Å². The molecule has 0 saturated heterocycles. The van der Waals surface area contributed by atoms with Crippen LogP contribution in [0, 0.1) is 5.92 Å². The number of fused-ring (bicyclic) bond motifs is 1. The van der Waals surface area contributed by atoms with Crippen LogP contribution in [0.4, 0.5) is 0 Å². The Hall–Kier alpha value is -1.35. The first kappa shape index (κ1) is 11.1. The van der Waals surface area contributed by atoms with Crippen LogP contribution >= 0.6 is 11.3 Å². The molecule has 2 nitrogen and oxygen atoms in total. The van der Waals surface area contributed by atoms with Crippen molar-refractivity contribution in [2.75, 3.05) is 0 Å². The van der Waals surface area contributed by atoms with Crippen molar-refractivity contribution in [3.05, 3.63) is 35.2 Å². The summed E-state index contributed by atoms with van der Waals surface area (Å²) in [4.78, 5) is 11.4. The molecule has 1 aromatic heterocycles. The lowest BCUT2D eigenvalue weighted by atomic mass is 10.2. The van der Waals surface area contributed by atoms with Gasteiger partial charge in [-0.2, -0.15) is 0 Å². The summed E-state index contributed by atoms with van der Waals surface area (Å²) in [7, 11) is 0. The van der Waals surface area contributed by atoms with Gasteiger partial charge in [-0.1, -0.05) is 32.0 Å². The number of benzene rings is 1. The van der Waals surface area contributed by atoms with Crippen LogP contribution in [0.25, 0.3) is 10.1 Å². The smallest absolute Gasteiger partial charge is 0.308 e. The number of rotatable bonds is 3. The van der Waals surface area contributed by atoms with Crippen LogP contribution in [-0.4, -0.2) is 5.97 Å². The Morgan fingerprint density at radius 3 is 2.88 bits per heavy atom. The maximum Gasteiger partial charge on any atom is 0.308 e. The van der Waals surface area contributed by atoms with Crippen molar-refractivity contribution < 1.29 is 9.53 Å². The van der Waals surface area contributed by atoms with E-state index < -0.39 is 0 Å². The molecular formula is C13H14O2S. The molecule has 0 fully saturated rings. The third-order valence-electron chi connectivity index (χ3n) is 2.40. The molecule has 16 heavy (non-hydrogen) atoms. The summed E-state index contributed by atoms with van der Waals surface area (Å²) < 4.78 is 6.46. The van der Waals surface area contributed by atoms with Crippen LogP contribution in [-0.2, 0) is 16.1 Å². The zero-order chi connectivity index (χ0) is 11.5. The van der Waals surface area contributed by atoms with Crippen molar-refractivity contribution in [2.45, 2.75) is 20.5 Å². The van der Waals surface area contributed by atoms with Gasteiger partial charge in [0.15, 0.2) is 0 Å². The molecule has 0 saturated carbocycles. The number of hydrogen-bond donors (Lipinski definition) is 0. The predicted octanol–water partition coefficient (Wildman–Crippen LogP) is 3.60. The first-order chi connectivity index (χ1) is 7.68. The van der Waals surface area contributed by atoms with E-state index in [-0.39, 0.29) is 11.9 Å². The summed E-state index contributed by atoms with van der Waals surface area (Å²) in [6.07, 6.45) is 0. The first-order valence-corrected chi connectivity index (χ1v) is 6.18. The largest absolute Gasteiger partial charge is 0.461 e. The molecule has 0 bridgehead atoms. The highest BCUT2D eigenvalue weighted by atomic mass is 32.1. The molecule has 0 aliphatic heterocycles. The van der Waals surface area contributed by atoms with Crippen LogP contribution < -0.4 is 0 Å². The van der Waals surface area contributed by atoms with Gasteiger partial charge >= 0.3 is 5.97 Å². The van der Waals surface area contributed by atoms with Crippen molar-refractivity contribution in [1.82, 2.24) is 0 Å². The van der Waals surface area contributed by atoms with Gasteiger partial charge in [-0.05, 0) is 16.8 Å². The Balaban J connectivity index is 2.13. The zero-order valence-corrected chi connectivity index (χ0v) is 10.2. The average Bonchev–Trinajstić information content (AvgIpc) is 2.69. The molecule has 1 heterocycles. The van der Waals surface area contributed by atoms with Crippen LogP contribution in [0.15, 0.2) is 29.6 Å². The summed E-state index contributed by atoms with van der Waals surface area (Å²) in [5.41, 5.74) is 1.09. The van der Waals surface area contributed by atoms with Crippen molar-refractivity contribution >= 4 is 27.4 Å². The standard InChI is InChI=1S/C13H14O2S/c1-9(2)13(14)15-7-10-8-16-12-6-4-3-5-11(10)12/h3-6,8-9H,7H2,1-2H3. The van der Waals surface area contributed by atoms with Crippen molar-refractivity contribution in [3.63, 3.8) is 0 Å². The molecule has 0 amide bonds. The Bertz CT molecular complexity index is 499. The Morgan fingerprint density at radius 2 is 2.12 bits per heavy atom. The number of thiophene rings is 1. The van der Waals surface area contributed by atoms with Gasteiger partial charge in [0.05, 0.1) is 5.92 Å². The molecule has 0 unspecified atom stereocenters. The number of carbonyl (C=O) groups is 1. The fraction of sp³-hybridized carbons (Fsp3) is 0.308. The van der Waals surface area contributed by atoms with Crippen LogP contribution in [0.2, 0.25) is 0 Å². The van der Waals surface area contributed by atoms with Crippen molar-refractivity contribution in [2.24, 2.45) is 5.92 Å². The molecule has 1 aromatic carbocycles. The molecule has 2 aromatic rings. The third kappa shape index (κ3) is 2.25. The van der Waals surface area contributed by atoms with Crippen molar-refractivity contribution in [1.29, 1.82) is 0 Å². The van der Waals surface area contributed by atoms with Gasteiger partial charge in [0.2, 0.25) is 0 Å². The minimum atomic E-state index is -0.143. The van der Waals surface area contributed by atoms with Gasteiger partial charge in [0.1, 0.15) is 6.61 Å². The second kappa shape index (κ2) is 4.66. The highest BCUT2D eigenvalue weighted by Gasteiger charge is 2.10. The lowest BCUT2D eigenvalue weighted by Gasteiger charge is -2.06. The summed E-state index contributed by atoms with van der Waals surface area (Å²) >= 11 is 1.68. The molecule has 3 heteroatoms. The van der Waals surface area contributed by atoms with Gasteiger partial charge < -0.3 is 4.74 Å². The van der Waals surface area contributed by atoms with E-state index in [0.717, 1.165) is 5.56 Å². The highest BCUT2D eigenvalue weighted by Crippen LogP contribution is 2.26.